The van der Waals surface area contributed by atoms with Gasteiger partial charge in [0.25, 0.3) is 0 Å². The number of hydrogen-bond donors (Lipinski definition) is 0. The largest absolute Gasteiger partial charge is 0.488 e. The summed E-state index contributed by atoms with van der Waals surface area (Å²) in [5, 5.41) is 0. The van der Waals surface area contributed by atoms with Gasteiger partial charge < -0.3 is 4.74 Å². The minimum absolute atomic E-state index is 0.704. The van der Waals surface area contributed by atoms with E-state index in [4.69, 9.17) is 4.74 Å². The molecule has 1 heterocycles. The third kappa shape index (κ3) is 1.46. The lowest BCUT2D eigenvalue weighted by Crippen LogP contribution is -1.89. The maximum absolute atomic E-state index is 5.59. The quantitative estimate of drug-likeness (QED) is 0.653. The fraction of sp³-hybridized carbons (Fsp3) is 0.231. The molecule has 1 aliphatic rings. The van der Waals surface area contributed by atoms with E-state index in [0.29, 0.717) is 6.61 Å². The summed E-state index contributed by atoms with van der Waals surface area (Å²) >= 11 is 0. The first-order valence-corrected chi connectivity index (χ1v) is 4.87. The molecule has 1 aliphatic heterocycles. The zero-order valence-electron chi connectivity index (χ0n) is 8.58. The van der Waals surface area contributed by atoms with E-state index < -0.39 is 0 Å². The molecule has 0 saturated carbocycles. The van der Waals surface area contributed by atoms with E-state index in [9.17, 15) is 0 Å². The van der Waals surface area contributed by atoms with Crippen LogP contribution in [0.25, 0.3) is 5.57 Å². The van der Waals surface area contributed by atoms with Crippen molar-refractivity contribution in [1.29, 1.82) is 0 Å². The van der Waals surface area contributed by atoms with Crippen molar-refractivity contribution in [2.45, 2.75) is 13.8 Å². The van der Waals surface area contributed by atoms with Gasteiger partial charge in [0.2, 0.25) is 0 Å². The number of fused-ring (bicyclic) bond motifs is 1. The summed E-state index contributed by atoms with van der Waals surface area (Å²) in [6.45, 7) is 4.86. The molecule has 72 valence electrons. The van der Waals surface area contributed by atoms with Crippen LogP contribution in [0.1, 0.15) is 19.4 Å². The smallest absolute Gasteiger partial charge is 0.127 e. The van der Waals surface area contributed by atoms with Gasteiger partial charge in [-0.1, -0.05) is 30.4 Å². The maximum atomic E-state index is 5.59. The van der Waals surface area contributed by atoms with Gasteiger partial charge >= 0.3 is 0 Å². The SMILES string of the molecule is C/C=C/C(C)=C1/COc2ccccc21. The number of rotatable bonds is 1. The summed E-state index contributed by atoms with van der Waals surface area (Å²) in [7, 11) is 0. The normalized spacial score (nSPS) is 18.1. The van der Waals surface area contributed by atoms with E-state index in [2.05, 4.69) is 31.2 Å². The van der Waals surface area contributed by atoms with Crippen LogP contribution >= 0.6 is 0 Å². The van der Waals surface area contributed by atoms with E-state index in [-0.39, 0.29) is 0 Å². The molecule has 2 rings (SSSR count). The van der Waals surface area contributed by atoms with Crippen molar-refractivity contribution in [1.82, 2.24) is 0 Å². The monoisotopic (exact) mass is 186 g/mol. The summed E-state index contributed by atoms with van der Waals surface area (Å²) in [5.74, 6) is 1.01. The van der Waals surface area contributed by atoms with Crippen LogP contribution in [0.15, 0.2) is 42.0 Å². The van der Waals surface area contributed by atoms with Crippen LogP contribution < -0.4 is 4.74 Å². The third-order valence-electron chi connectivity index (χ3n) is 2.48. The highest BCUT2D eigenvalue weighted by Crippen LogP contribution is 2.34. The fourth-order valence-electron chi connectivity index (χ4n) is 1.75. The Morgan fingerprint density at radius 1 is 1.36 bits per heavy atom. The van der Waals surface area contributed by atoms with Gasteiger partial charge in [-0.2, -0.15) is 0 Å². The molecule has 0 aromatic heterocycles. The molecular weight excluding hydrogens is 172 g/mol. The van der Waals surface area contributed by atoms with Gasteiger partial charge in [-0.25, -0.2) is 0 Å². The zero-order chi connectivity index (χ0) is 9.97. The number of para-hydroxylation sites is 1. The minimum atomic E-state index is 0.704. The van der Waals surface area contributed by atoms with Crippen molar-refractivity contribution in [3.63, 3.8) is 0 Å². The molecule has 0 spiro atoms. The Hall–Kier alpha value is -1.50. The summed E-state index contributed by atoms with van der Waals surface area (Å²) in [6.07, 6.45) is 4.18. The predicted molar refractivity (Wildman–Crippen MR) is 59.3 cm³/mol. The second-order valence-electron chi connectivity index (χ2n) is 3.45. The molecule has 0 bridgehead atoms. The minimum Gasteiger partial charge on any atom is -0.488 e. The lowest BCUT2D eigenvalue weighted by Gasteiger charge is -1.99. The van der Waals surface area contributed by atoms with E-state index >= 15 is 0 Å². The Balaban J connectivity index is 2.48. The van der Waals surface area contributed by atoms with Gasteiger partial charge in [-0.15, -0.1) is 0 Å². The molecule has 0 fully saturated rings. The van der Waals surface area contributed by atoms with Gasteiger partial charge in [0.15, 0.2) is 0 Å². The number of hydrogen-bond acceptors (Lipinski definition) is 1. The first kappa shape index (κ1) is 9.07. The van der Waals surface area contributed by atoms with Crippen LogP contribution in [0.3, 0.4) is 0 Å². The lowest BCUT2D eigenvalue weighted by molar-refractivity contribution is 0.388. The molecular formula is C13H14O. The molecule has 1 nitrogen and oxygen atoms in total. The molecule has 0 saturated heterocycles. The van der Waals surface area contributed by atoms with E-state index in [0.717, 1.165) is 5.75 Å². The highest BCUT2D eigenvalue weighted by molar-refractivity contribution is 5.78. The molecule has 0 aliphatic carbocycles. The topological polar surface area (TPSA) is 9.23 Å². The van der Waals surface area contributed by atoms with Gasteiger partial charge in [0, 0.05) is 11.1 Å². The standard InChI is InChI=1S/C13H14O/c1-3-6-10(2)12-9-14-13-8-5-4-7-11(12)13/h3-8H,9H2,1-2H3/b6-3+,12-10-. The zero-order valence-corrected chi connectivity index (χ0v) is 8.58. The summed E-state index contributed by atoms with van der Waals surface area (Å²) in [6, 6.07) is 8.19. The van der Waals surface area contributed by atoms with Crippen LogP contribution in [-0.2, 0) is 0 Å². The number of allylic oxidation sites excluding steroid dienone is 3. The van der Waals surface area contributed by atoms with Gasteiger partial charge in [0.1, 0.15) is 12.4 Å². The molecule has 1 aromatic rings. The average molecular weight is 186 g/mol. The Labute approximate surface area is 84.7 Å². The Kier molecular flexibility index (Phi) is 2.40. The molecule has 0 radical (unpaired) electrons. The first-order chi connectivity index (χ1) is 6.83. The first-order valence-electron chi connectivity index (χ1n) is 4.87. The number of ether oxygens (including phenoxy) is 1. The Morgan fingerprint density at radius 3 is 2.93 bits per heavy atom. The van der Waals surface area contributed by atoms with Gasteiger partial charge in [-0.05, 0) is 25.5 Å². The van der Waals surface area contributed by atoms with E-state index in [1.807, 2.05) is 19.1 Å². The molecule has 1 aromatic carbocycles. The van der Waals surface area contributed by atoms with E-state index in [1.165, 1.54) is 16.7 Å². The molecule has 0 amide bonds. The fourth-order valence-corrected chi connectivity index (χ4v) is 1.75. The van der Waals surface area contributed by atoms with Gasteiger partial charge in [-0.3, -0.25) is 0 Å². The van der Waals surface area contributed by atoms with Crippen molar-refractivity contribution in [3.8, 4) is 5.75 Å². The lowest BCUT2D eigenvalue weighted by atomic mass is 10.0. The summed E-state index contributed by atoms with van der Waals surface area (Å²) in [5.41, 5.74) is 3.83. The molecule has 1 heteroatoms. The Bertz CT molecular complexity index is 399. The predicted octanol–water partition coefficient (Wildman–Crippen LogP) is 3.43. The molecule has 0 atom stereocenters. The van der Waals surface area contributed by atoms with Crippen LogP contribution in [0.2, 0.25) is 0 Å². The van der Waals surface area contributed by atoms with Crippen LogP contribution in [0.4, 0.5) is 0 Å². The number of benzene rings is 1. The second kappa shape index (κ2) is 3.70. The second-order valence-corrected chi connectivity index (χ2v) is 3.45. The van der Waals surface area contributed by atoms with Crippen molar-refractivity contribution in [2.24, 2.45) is 0 Å². The maximum Gasteiger partial charge on any atom is 0.127 e. The third-order valence-corrected chi connectivity index (χ3v) is 2.48. The van der Waals surface area contributed by atoms with Crippen molar-refractivity contribution in [2.75, 3.05) is 6.61 Å². The van der Waals surface area contributed by atoms with Crippen molar-refractivity contribution >= 4 is 5.57 Å². The Morgan fingerprint density at radius 2 is 2.14 bits per heavy atom. The molecule has 14 heavy (non-hydrogen) atoms. The van der Waals surface area contributed by atoms with Crippen molar-refractivity contribution in [3.05, 3.63) is 47.6 Å². The average Bonchev–Trinajstić information content (AvgIpc) is 2.61. The van der Waals surface area contributed by atoms with Crippen molar-refractivity contribution < 1.29 is 4.74 Å². The summed E-state index contributed by atoms with van der Waals surface area (Å²) < 4.78 is 5.59. The highest BCUT2D eigenvalue weighted by Gasteiger charge is 2.17. The molecule has 0 unspecified atom stereocenters. The highest BCUT2D eigenvalue weighted by atomic mass is 16.5. The summed E-state index contributed by atoms with van der Waals surface area (Å²) in [4.78, 5) is 0. The van der Waals surface area contributed by atoms with E-state index in [1.54, 1.807) is 0 Å². The van der Waals surface area contributed by atoms with Gasteiger partial charge in [0.05, 0.1) is 0 Å². The van der Waals surface area contributed by atoms with Crippen LogP contribution in [0, 0.1) is 0 Å². The van der Waals surface area contributed by atoms with Crippen LogP contribution in [0.5, 0.6) is 5.75 Å². The molecule has 0 N–H and O–H groups in total. The van der Waals surface area contributed by atoms with Crippen LogP contribution in [-0.4, -0.2) is 6.61 Å².